The predicted octanol–water partition coefficient (Wildman–Crippen LogP) is 1.32. The fourth-order valence-electron chi connectivity index (χ4n) is 3.41. The van der Waals surface area contributed by atoms with Gasteiger partial charge in [-0.25, -0.2) is 0 Å². The smallest absolute Gasteiger partial charge is 0.253 e. The minimum absolute atomic E-state index is 0.292. The number of carbonyl (C=O) groups is 2. The standard InChI is InChI=1S/C22H29N3O5/c1-28-18-15-17(6-7-21(27)25-10-4-3-5-20(25)26)16-19(29-2)22(18)30-14-13-24-11-8-23-9-12-24/h3,5-7,15-16,23H,4,8-14H2,1-2H3/b7-6+. The Balaban J connectivity index is 1.68. The third-order valence-corrected chi connectivity index (χ3v) is 5.08. The average Bonchev–Trinajstić information content (AvgIpc) is 2.78. The molecule has 0 aromatic heterocycles. The maximum atomic E-state index is 12.3. The van der Waals surface area contributed by atoms with E-state index in [2.05, 4.69) is 10.2 Å². The molecule has 162 valence electrons. The van der Waals surface area contributed by atoms with Crippen LogP contribution in [0.15, 0.2) is 30.4 Å². The Bertz CT molecular complexity index is 790. The molecule has 8 nitrogen and oxygen atoms in total. The van der Waals surface area contributed by atoms with Gasteiger partial charge in [0.2, 0.25) is 5.75 Å². The number of ether oxygens (including phenoxy) is 3. The summed E-state index contributed by atoms with van der Waals surface area (Å²) in [5, 5.41) is 3.33. The van der Waals surface area contributed by atoms with Gasteiger partial charge in [-0.1, -0.05) is 6.08 Å². The van der Waals surface area contributed by atoms with Crippen LogP contribution in [-0.4, -0.2) is 81.7 Å². The Morgan fingerprint density at radius 2 is 1.83 bits per heavy atom. The van der Waals surface area contributed by atoms with Crippen LogP contribution < -0.4 is 19.5 Å². The monoisotopic (exact) mass is 415 g/mol. The molecule has 1 aromatic carbocycles. The van der Waals surface area contributed by atoms with E-state index >= 15 is 0 Å². The molecule has 1 saturated heterocycles. The topological polar surface area (TPSA) is 80.3 Å². The zero-order valence-corrected chi connectivity index (χ0v) is 17.6. The van der Waals surface area contributed by atoms with Crippen molar-refractivity contribution in [2.24, 2.45) is 0 Å². The van der Waals surface area contributed by atoms with Crippen molar-refractivity contribution >= 4 is 17.9 Å². The van der Waals surface area contributed by atoms with E-state index in [1.807, 2.05) is 0 Å². The van der Waals surface area contributed by atoms with Crippen LogP contribution in [0.2, 0.25) is 0 Å². The molecule has 8 heteroatoms. The quantitative estimate of drug-likeness (QED) is 0.642. The molecule has 30 heavy (non-hydrogen) atoms. The summed E-state index contributed by atoms with van der Waals surface area (Å²) in [6, 6.07) is 3.56. The minimum atomic E-state index is -0.348. The summed E-state index contributed by atoms with van der Waals surface area (Å²) in [5.41, 5.74) is 0.714. The van der Waals surface area contributed by atoms with Crippen LogP contribution in [-0.2, 0) is 9.59 Å². The van der Waals surface area contributed by atoms with E-state index in [0.29, 0.717) is 42.4 Å². The molecule has 0 aliphatic carbocycles. The summed E-state index contributed by atoms with van der Waals surface area (Å²) in [4.78, 5) is 27.7. The maximum absolute atomic E-state index is 12.3. The summed E-state index contributed by atoms with van der Waals surface area (Å²) < 4.78 is 17.0. The number of hydrogen-bond donors (Lipinski definition) is 1. The molecule has 2 aliphatic heterocycles. The molecule has 1 fully saturated rings. The lowest BCUT2D eigenvalue weighted by molar-refractivity contribution is -0.139. The molecule has 0 spiro atoms. The van der Waals surface area contributed by atoms with Gasteiger partial charge in [0.1, 0.15) is 6.61 Å². The molecule has 1 aromatic rings. The zero-order chi connectivity index (χ0) is 21.3. The Hall–Kier alpha value is -2.84. The van der Waals surface area contributed by atoms with E-state index in [1.165, 1.54) is 17.1 Å². The second kappa shape index (κ2) is 10.8. The van der Waals surface area contributed by atoms with Gasteiger partial charge in [-0.15, -0.1) is 0 Å². The number of nitrogens with one attached hydrogen (secondary N) is 1. The van der Waals surface area contributed by atoms with Gasteiger partial charge in [-0.05, 0) is 36.3 Å². The SMILES string of the molecule is COc1cc(/C=C/C(=O)N2CCC=CC2=O)cc(OC)c1OCCN1CCNCC1. The zero-order valence-electron chi connectivity index (χ0n) is 17.6. The van der Waals surface area contributed by atoms with Gasteiger partial charge in [-0.3, -0.25) is 19.4 Å². The van der Waals surface area contributed by atoms with Crippen molar-refractivity contribution in [2.75, 3.05) is 60.1 Å². The molecule has 2 heterocycles. The summed E-state index contributed by atoms with van der Waals surface area (Å²) in [6.45, 7) is 5.73. The Labute approximate surface area is 177 Å². The number of hydrogen-bond acceptors (Lipinski definition) is 7. The summed E-state index contributed by atoms with van der Waals surface area (Å²) in [6.07, 6.45) is 6.90. The van der Waals surface area contributed by atoms with Gasteiger partial charge >= 0.3 is 0 Å². The van der Waals surface area contributed by atoms with Crippen molar-refractivity contribution in [3.05, 3.63) is 35.9 Å². The third-order valence-electron chi connectivity index (χ3n) is 5.08. The molecule has 1 N–H and O–H groups in total. The van der Waals surface area contributed by atoms with E-state index in [-0.39, 0.29) is 11.8 Å². The highest BCUT2D eigenvalue weighted by molar-refractivity contribution is 6.06. The predicted molar refractivity (Wildman–Crippen MR) is 114 cm³/mol. The van der Waals surface area contributed by atoms with Crippen molar-refractivity contribution in [1.29, 1.82) is 0 Å². The molecule has 0 radical (unpaired) electrons. The first-order chi connectivity index (χ1) is 14.6. The molecule has 2 aliphatic rings. The van der Waals surface area contributed by atoms with Crippen molar-refractivity contribution in [3.63, 3.8) is 0 Å². The van der Waals surface area contributed by atoms with Crippen LogP contribution in [0.3, 0.4) is 0 Å². The van der Waals surface area contributed by atoms with E-state index in [0.717, 1.165) is 32.7 Å². The van der Waals surface area contributed by atoms with Crippen molar-refractivity contribution < 1.29 is 23.8 Å². The first-order valence-electron chi connectivity index (χ1n) is 10.1. The average molecular weight is 415 g/mol. The molecular weight excluding hydrogens is 386 g/mol. The number of methoxy groups -OCH3 is 2. The highest BCUT2D eigenvalue weighted by Gasteiger charge is 2.19. The van der Waals surface area contributed by atoms with E-state index < -0.39 is 0 Å². The molecule has 0 atom stereocenters. The number of rotatable bonds is 8. The van der Waals surface area contributed by atoms with E-state index in [4.69, 9.17) is 14.2 Å². The number of carbonyl (C=O) groups excluding carboxylic acids is 2. The second-order valence-electron chi connectivity index (χ2n) is 7.05. The van der Waals surface area contributed by atoms with Gasteiger partial charge in [0.15, 0.2) is 11.5 Å². The summed E-state index contributed by atoms with van der Waals surface area (Å²) >= 11 is 0. The minimum Gasteiger partial charge on any atom is -0.493 e. The number of piperazine rings is 1. The largest absolute Gasteiger partial charge is 0.493 e. The highest BCUT2D eigenvalue weighted by atomic mass is 16.5. The number of benzene rings is 1. The number of nitrogens with zero attached hydrogens (tertiary/aromatic N) is 2. The lowest BCUT2D eigenvalue weighted by Crippen LogP contribution is -2.44. The lowest BCUT2D eigenvalue weighted by Gasteiger charge is -2.27. The van der Waals surface area contributed by atoms with Crippen LogP contribution in [0.5, 0.6) is 17.2 Å². The second-order valence-corrected chi connectivity index (χ2v) is 7.05. The van der Waals surface area contributed by atoms with Crippen LogP contribution in [0.1, 0.15) is 12.0 Å². The molecule has 0 unspecified atom stereocenters. The fraction of sp³-hybridized carbons (Fsp3) is 0.455. The molecule has 2 amide bonds. The first-order valence-corrected chi connectivity index (χ1v) is 10.1. The van der Waals surface area contributed by atoms with Gasteiger partial charge in [0.05, 0.1) is 14.2 Å². The molecular formula is C22H29N3O5. The van der Waals surface area contributed by atoms with Crippen molar-refractivity contribution in [1.82, 2.24) is 15.1 Å². The van der Waals surface area contributed by atoms with Gasteiger partial charge < -0.3 is 19.5 Å². The molecule has 0 saturated carbocycles. The van der Waals surface area contributed by atoms with Gasteiger partial charge in [0.25, 0.3) is 11.8 Å². The van der Waals surface area contributed by atoms with Crippen molar-refractivity contribution in [2.45, 2.75) is 6.42 Å². The number of amides is 2. The van der Waals surface area contributed by atoms with Crippen LogP contribution in [0.25, 0.3) is 6.08 Å². The van der Waals surface area contributed by atoms with Gasteiger partial charge in [0, 0.05) is 45.3 Å². The summed E-state index contributed by atoms with van der Waals surface area (Å²) in [7, 11) is 3.13. The first kappa shape index (κ1) is 21.9. The van der Waals surface area contributed by atoms with E-state index in [9.17, 15) is 9.59 Å². The maximum Gasteiger partial charge on any atom is 0.253 e. The Kier molecular flexibility index (Phi) is 7.87. The molecule has 0 bridgehead atoms. The van der Waals surface area contributed by atoms with E-state index in [1.54, 1.807) is 38.5 Å². The lowest BCUT2D eigenvalue weighted by atomic mass is 10.1. The Morgan fingerprint density at radius 3 is 2.47 bits per heavy atom. The summed E-state index contributed by atoms with van der Waals surface area (Å²) in [5.74, 6) is 0.949. The fourth-order valence-corrected chi connectivity index (χ4v) is 3.41. The van der Waals surface area contributed by atoms with Crippen LogP contribution >= 0.6 is 0 Å². The van der Waals surface area contributed by atoms with Gasteiger partial charge in [-0.2, -0.15) is 0 Å². The third kappa shape index (κ3) is 5.61. The normalized spacial score (nSPS) is 17.4. The molecule has 3 rings (SSSR count). The Morgan fingerprint density at radius 1 is 1.13 bits per heavy atom. The number of imide groups is 1. The highest BCUT2D eigenvalue weighted by Crippen LogP contribution is 2.39. The van der Waals surface area contributed by atoms with Crippen LogP contribution in [0.4, 0.5) is 0 Å². The van der Waals surface area contributed by atoms with Crippen LogP contribution in [0, 0.1) is 0 Å². The van der Waals surface area contributed by atoms with Crippen molar-refractivity contribution in [3.8, 4) is 17.2 Å².